The van der Waals surface area contributed by atoms with Gasteiger partial charge in [0.1, 0.15) is 0 Å². The van der Waals surface area contributed by atoms with E-state index in [1.807, 2.05) is 0 Å². The van der Waals surface area contributed by atoms with Crippen molar-refractivity contribution in [3.05, 3.63) is 174 Å². The average Bonchev–Trinajstić information content (AvgIpc) is 3.75. The molecule has 3 heteroatoms. The molecular formula is C52H37N3. The third-order valence-corrected chi connectivity index (χ3v) is 13.0. The maximum absolute atomic E-state index is 5.62. The highest BCUT2D eigenvalue weighted by Crippen LogP contribution is 2.53. The molecule has 3 nitrogen and oxygen atoms in total. The minimum atomic E-state index is -0.126. The molecule has 2 aliphatic carbocycles. The lowest BCUT2D eigenvalue weighted by atomic mass is 9.81. The van der Waals surface area contributed by atoms with Crippen LogP contribution in [0.5, 0.6) is 0 Å². The Morgan fingerprint density at radius 3 is 1.96 bits per heavy atom. The Bertz CT molecular complexity index is 3320. The summed E-state index contributed by atoms with van der Waals surface area (Å²) >= 11 is 0. The standard InChI is InChI=1S/C52H37N3/c1-51(2)41-19-11-8-17-37(41)47-38-29-39-36-16-9-12-20-45(36)55(46(39)28-31(38)22-25-42(47)51)50-53-44-26-23-30-13-5-6-14-33(30)48(44)49(54-50)32-21-24-35-34-15-7-10-18-40(34)52(3,4)43(35)27-32/h5-29H,1-4H3. The molecule has 55 heavy (non-hydrogen) atoms. The van der Waals surface area contributed by atoms with Crippen molar-refractivity contribution >= 4 is 54.3 Å². The van der Waals surface area contributed by atoms with Crippen molar-refractivity contribution in [1.82, 2.24) is 14.5 Å². The van der Waals surface area contributed by atoms with Crippen molar-refractivity contribution in [2.24, 2.45) is 0 Å². The van der Waals surface area contributed by atoms with Gasteiger partial charge in [0.15, 0.2) is 0 Å². The van der Waals surface area contributed by atoms with Crippen LogP contribution in [0, 0.1) is 0 Å². The van der Waals surface area contributed by atoms with Crippen LogP contribution in [0.4, 0.5) is 0 Å². The molecule has 0 fully saturated rings. The van der Waals surface area contributed by atoms with Crippen LogP contribution in [0.15, 0.2) is 152 Å². The van der Waals surface area contributed by atoms with Gasteiger partial charge in [-0.2, -0.15) is 0 Å². The average molecular weight is 704 g/mol. The van der Waals surface area contributed by atoms with E-state index in [-0.39, 0.29) is 10.8 Å². The van der Waals surface area contributed by atoms with Gasteiger partial charge in [-0.25, -0.2) is 9.97 Å². The fourth-order valence-corrected chi connectivity index (χ4v) is 10.3. The summed E-state index contributed by atoms with van der Waals surface area (Å²) in [6, 6.07) is 55.9. The van der Waals surface area contributed by atoms with Crippen molar-refractivity contribution in [3.8, 4) is 39.5 Å². The van der Waals surface area contributed by atoms with Gasteiger partial charge in [-0.3, -0.25) is 4.57 Å². The Labute approximate surface area is 319 Å². The summed E-state index contributed by atoms with van der Waals surface area (Å²) in [5.74, 6) is 0.680. The molecule has 0 spiro atoms. The fourth-order valence-electron chi connectivity index (χ4n) is 10.3. The monoisotopic (exact) mass is 703 g/mol. The number of aromatic nitrogens is 3. The highest BCUT2D eigenvalue weighted by Gasteiger charge is 2.37. The van der Waals surface area contributed by atoms with E-state index in [0.29, 0.717) is 5.95 Å². The third-order valence-electron chi connectivity index (χ3n) is 13.0. The molecule has 0 N–H and O–H groups in total. The van der Waals surface area contributed by atoms with Crippen molar-refractivity contribution in [1.29, 1.82) is 0 Å². The van der Waals surface area contributed by atoms with E-state index in [4.69, 9.17) is 9.97 Å². The third kappa shape index (κ3) is 4.00. The smallest absolute Gasteiger partial charge is 0.235 e. The van der Waals surface area contributed by atoms with Crippen molar-refractivity contribution in [3.63, 3.8) is 0 Å². The predicted molar refractivity (Wildman–Crippen MR) is 229 cm³/mol. The highest BCUT2D eigenvalue weighted by atomic mass is 15.2. The van der Waals surface area contributed by atoms with Gasteiger partial charge in [-0.1, -0.05) is 149 Å². The molecule has 260 valence electrons. The van der Waals surface area contributed by atoms with Crippen LogP contribution in [0.25, 0.3) is 93.7 Å². The second-order valence-corrected chi connectivity index (χ2v) is 16.6. The molecular weight excluding hydrogens is 667 g/mol. The number of hydrogen-bond acceptors (Lipinski definition) is 2. The van der Waals surface area contributed by atoms with Gasteiger partial charge in [0.05, 0.1) is 22.2 Å². The van der Waals surface area contributed by atoms with Gasteiger partial charge >= 0.3 is 0 Å². The summed E-state index contributed by atoms with van der Waals surface area (Å²) in [7, 11) is 0. The molecule has 0 saturated heterocycles. The zero-order valence-electron chi connectivity index (χ0n) is 31.3. The maximum atomic E-state index is 5.62. The first-order valence-corrected chi connectivity index (χ1v) is 19.3. The molecule has 0 bridgehead atoms. The summed E-state index contributed by atoms with van der Waals surface area (Å²) in [6.07, 6.45) is 0. The normalized spacial score (nSPS) is 14.8. The van der Waals surface area contributed by atoms with E-state index >= 15 is 0 Å². The summed E-state index contributed by atoms with van der Waals surface area (Å²) in [5.41, 5.74) is 15.8. The lowest BCUT2D eigenvalue weighted by Crippen LogP contribution is -2.15. The van der Waals surface area contributed by atoms with Crippen molar-refractivity contribution in [2.45, 2.75) is 38.5 Å². The Balaban J connectivity index is 1.16. The van der Waals surface area contributed by atoms with E-state index < -0.39 is 0 Å². The molecule has 12 rings (SSSR count). The quantitative estimate of drug-likeness (QED) is 0.168. The van der Waals surface area contributed by atoms with Crippen LogP contribution in [0.2, 0.25) is 0 Å². The molecule has 2 aromatic heterocycles. The second-order valence-electron chi connectivity index (χ2n) is 16.6. The van der Waals surface area contributed by atoms with Crippen LogP contribution in [0.3, 0.4) is 0 Å². The van der Waals surface area contributed by atoms with Gasteiger partial charge in [0.25, 0.3) is 0 Å². The summed E-state index contributed by atoms with van der Waals surface area (Å²) in [6.45, 7) is 9.40. The number of hydrogen-bond donors (Lipinski definition) is 0. The minimum Gasteiger partial charge on any atom is -0.278 e. The van der Waals surface area contributed by atoms with Crippen molar-refractivity contribution < 1.29 is 0 Å². The number of para-hydroxylation sites is 1. The lowest BCUT2D eigenvalue weighted by molar-refractivity contribution is 0.660. The Hall–Kier alpha value is -6.58. The van der Waals surface area contributed by atoms with E-state index in [9.17, 15) is 0 Å². The largest absolute Gasteiger partial charge is 0.278 e. The molecule has 0 atom stereocenters. The van der Waals surface area contributed by atoms with Crippen LogP contribution in [-0.2, 0) is 10.8 Å². The van der Waals surface area contributed by atoms with Gasteiger partial charge in [0.2, 0.25) is 5.95 Å². The van der Waals surface area contributed by atoms with Gasteiger partial charge in [0, 0.05) is 32.6 Å². The predicted octanol–water partition coefficient (Wildman–Crippen LogP) is 13.3. The molecule has 0 saturated carbocycles. The number of benzene rings is 8. The lowest BCUT2D eigenvalue weighted by Gasteiger charge is -2.22. The molecule has 0 radical (unpaired) electrons. The van der Waals surface area contributed by atoms with Gasteiger partial charge in [-0.15, -0.1) is 0 Å². The van der Waals surface area contributed by atoms with Crippen molar-refractivity contribution in [2.75, 3.05) is 0 Å². The topological polar surface area (TPSA) is 30.7 Å². The zero-order chi connectivity index (χ0) is 36.8. The maximum Gasteiger partial charge on any atom is 0.235 e. The Morgan fingerprint density at radius 2 is 1.11 bits per heavy atom. The first kappa shape index (κ1) is 30.8. The van der Waals surface area contributed by atoms with Crippen LogP contribution in [-0.4, -0.2) is 14.5 Å². The van der Waals surface area contributed by atoms with Crippen LogP contribution >= 0.6 is 0 Å². The Morgan fingerprint density at radius 1 is 0.436 bits per heavy atom. The molecule has 0 amide bonds. The molecule has 0 aliphatic heterocycles. The number of nitrogens with zero attached hydrogens (tertiary/aromatic N) is 3. The van der Waals surface area contributed by atoms with E-state index in [1.165, 1.54) is 71.4 Å². The molecule has 2 heterocycles. The van der Waals surface area contributed by atoms with Gasteiger partial charge < -0.3 is 0 Å². The van der Waals surface area contributed by atoms with Crippen LogP contribution in [0.1, 0.15) is 49.9 Å². The second kappa shape index (κ2) is 10.5. The number of rotatable bonds is 2. The zero-order valence-corrected chi connectivity index (χ0v) is 31.3. The van der Waals surface area contributed by atoms with E-state index in [1.54, 1.807) is 0 Å². The molecule has 0 unspecified atom stereocenters. The minimum absolute atomic E-state index is 0.0574. The first-order chi connectivity index (χ1) is 26.8. The highest BCUT2D eigenvalue weighted by molar-refractivity contribution is 6.17. The molecule has 2 aliphatic rings. The van der Waals surface area contributed by atoms with Crippen LogP contribution < -0.4 is 0 Å². The summed E-state index contributed by atoms with van der Waals surface area (Å²) < 4.78 is 2.29. The van der Waals surface area contributed by atoms with E-state index in [2.05, 4.69) is 184 Å². The summed E-state index contributed by atoms with van der Waals surface area (Å²) in [4.78, 5) is 11.1. The number of fused-ring (bicyclic) bond motifs is 14. The van der Waals surface area contributed by atoms with Gasteiger partial charge in [-0.05, 0) is 96.4 Å². The summed E-state index contributed by atoms with van der Waals surface area (Å²) in [5, 5.41) is 8.34. The SMILES string of the molecule is CC1(C)c2ccccc2-c2ccc(-c3nc(-n4c5ccccc5c5cc6c7c(ccc6cc54)C(C)(C)c4ccccc4-7)nc4ccc5ccccc5c34)cc21. The Kier molecular flexibility index (Phi) is 5.91. The first-order valence-electron chi connectivity index (χ1n) is 19.3. The fraction of sp³-hybridized carbons (Fsp3) is 0.115. The van der Waals surface area contributed by atoms with E-state index in [0.717, 1.165) is 38.6 Å². The molecule has 8 aromatic carbocycles. The molecule has 10 aromatic rings.